The lowest BCUT2D eigenvalue weighted by atomic mass is 9.79. The maximum Gasteiger partial charge on any atom is 0.161 e. The Balaban J connectivity index is 1.75. The van der Waals surface area contributed by atoms with E-state index in [0.717, 1.165) is 55.7 Å². The zero-order valence-corrected chi connectivity index (χ0v) is 14.1. The molecular formula is C21H22F2N2. The highest BCUT2D eigenvalue weighted by atomic mass is 19.2. The van der Waals surface area contributed by atoms with Crippen LogP contribution in [0.2, 0.25) is 0 Å². The van der Waals surface area contributed by atoms with E-state index in [1.54, 1.807) is 6.07 Å². The number of nitrogens with one attached hydrogen (secondary N) is 1. The van der Waals surface area contributed by atoms with Gasteiger partial charge in [-0.2, -0.15) is 0 Å². The van der Waals surface area contributed by atoms with Crippen LogP contribution in [0.15, 0.2) is 36.4 Å². The van der Waals surface area contributed by atoms with Gasteiger partial charge in [0.15, 0.2) is 12.3 Å². The van der Waals surface area contributed by atoms with Crippen LogP contribution in [-0.4, -0.2) is 31.1 Å². The van der Waals surface area contributed by atoms with E-state index in [9.17, 15) is 0 Å². The second kappa shape index (κ2) is 5.89. The summed E-state index contributed by atoms with van der Waals surface area (Å²) in [7, 11) is 0. The molecule has 5 rings (SSSR count). The van der Waals surface area contributed by atoms with Crippen molar-refractivity contribution in [1.82, 2.24) is 10.2 Å². The summed E-state index contributed by atoms with van der Waals surface area (Å²) in [6, 6.07) is 11.6. The van der Waals surface area contributed by atoms with Crippen molar-refractivity contribution in [3.8, 4) is 0 Å². The van der Waals surface area contributed by atoms with Crippen LogP contribution in [0, 0.1) is 0 Å². The highest BCUT2D eigenvalue weighted by molar-refractivity contribution is 5.54. The molecule has 2 aromatic rings. The molecule has 0 amide bonds. The molecule has 2 aliphatic carbocycles. The van der Waals surface area contributed by atoms with Crippen molar-refractivity contribution in [2.24, 2.45) is 0 Å². The van der Waals surface area contributed by atoms with Gasteiger partial charge in [-0.1, -0.05) is 36.4 Å². The van der Waals surface area contributed by atoms with Gasteiger partial charge in [-0.25, -0.2) is 8.78 Å². The largest absolute Gasteiger partial charge is 0.314 e. The highest BCUT2D eigenvalue weighted by Crippen LogP contribution is 2.50. The van der Waals surface area contributed by atoms with Gasteiger partial charge in [0.1, 0.15) is 0 Å². The predicted octanol–water partition coefficient (Wildman–Crippen LogP) is 3.81. The molecule has 4 heteroatoms. The third-order valence-electron chi connectivity index (χ3n) is 6.06. The average molecular weight is 340 g/mol. The minimum absolute atomic E-state index is 0.0572. The Morgan fingerprint density at radius 3 is 2.32 bits per heavy atom. The predicted molar refractivity (Wildman–Crippen MR) is 94.3 cm³/mol. The third-order valence-corrected chi connectivity index (χ3v) is 6.06. The molecule has 0 spiro atoms. The Morgan fingerprint density at radius 1 is 0.840 bits per heavy atom. The zero-order chi connectivity index (χ0) is 17.0. The smallest absolute Gasteiger partial charge is 0.161 e. The van der Waals surface area contributed by atoms with Gasteiger partial charge in [-0.05, 0) is 46.2 Å². The van der Waals surface area contributed by atoms with E-state index in [2.05, 4.69) is 22.3 Å². The fraction of sp³-hybridized carbons (Fsp3) is 0.429. The monoisotopic (exact) mass is 340 g/mol. The lowest BCUT2D eigenvalue weighted by Crippen LogP contribution is -2.45. The number of nitrogens with zero attached hydrogens (tertiary/aromatic N) is 1. The minimum atomic E-state index is -1.59. The number of piperazine rings is 1. The Hall–Kier alpha value is -1.78. The van der Waals surface area contributed by atoms with Crippen molar-refractivity contribution in [3.63, 3.8) is 0 Å². The van der Waals surface area contributed by atoms with Crippen LogP contribution in [0.25, 0.3) is 0 Å². The van der Waals surface area contributed by atoms with Gasteiger partial charge in [-0.3, -0.25) is 4.90 Å². The molecular weight excluding hydrogens is 318 g/mol. The Bertz CT molecular complexity index is 814. The lowest BCUT2D eigenvalue weighted by Gasteiger charge is -2.37. The number of hydrogen-bond donors (Lipinski definition) is 1. The molecule has 1 N–H and O–H groups in total. The van der Waals surface area contributed by atoms with Gasteiger partial charge in [0.05, 0.1) is 6.04 Å². The Kier molecular flexibility index (Phi) is 3.64. The van der Waals surface area contributed by atoms with Gasteiger partial charge >= 0.3 is 0 Å². The van der Waals surface area contributed by atoms with E-state index in [1.165, 1.54) is 5.56 Å². The van der Waals surface area contributed by atoms with Gasteiger partial charge in [0.25, 0.3) is 0 Å². The minimum Gasteiger partial charge on any atom is -0.314 e. The highest BCUT2D eigenvalue weighted by Gasteiger charge is 2.41. The molecule has 3 atom stereocenters. The number of rotatable bonds is 1. The summed E-state index contributed by atoms with van der Waals surface area (Å²) in [5.41, 5.74) is 5.30. The van der Waals surface area contributed by atoms with Gasteiger partial charge in [0, 0.05) is 26.2 Å². The average Bonchev–Trinajstić information content (AvgIpc) is 2.71. The van der Waals surface area contributed by atoms with Crippen molar-refractivity contribution in [2.45, 2.75) is 31.2 Å². The number of hydrogen-bond acceptors (Lipinski definition) is 2. The summed E-state index contributed by atoms with van der Waals surface area (Å²) in [6.45, 7) is 3.61. The molecule has 0 aromatic heterocycles. The fourth-order valence-electron chi connectivity index (χ4n) is 4.72. The number of fused-ring (bicyclic) bond motifs is 4. The SMILES string of the molecule is FC1c2ccccc2C(N2CCNCC2)c2ccc3c(c2C1F)CC3. The van der Waals surface area contributed by atoms with Crippen molar-refractivity contribution in [3.05, 3.63) is 69.8 Å². The Labute approximate surface area is 146 Å². The van der Waals surface area contributed by atoms with Crippen molar-refractivity contribution in [2.75, 3.05) is 26.2 Å². The van der Waals surface area contributed by atoms with E-state index >= 15 is 8.78 Å². The fourth-order valence-corrected chi connectivity index (χ4v) is 4.72. The second-order valence-corrected chi connectivity index (χ2v) is 7.33. The summed E-state index contributed by atoms with van der Waals surface area (Å²) in [5.74, 6) is 0. The van der Waals surface area contributed by atoms with E-state index in [4.69, 9.17) is 0 Å². The van der Waals surface area contributed by atoms with Crippen LogP contribution in [-0.2, 0) is 12.8 Å². The first kappa shape index (κ1) is 15.5. The summed E-state index contributed by atoms with van der Waals surface area (Å²) < 4.78 is 30.5. The maximum atomic E-state index is 15.3. The first-order valence-corrected chi connectivity index (χ1v) is 9.22. The van der Waals surface area contributed by atoms with Crippen LogP contribution in [0.4, 0.5) is 8.78 Å². The first-order chi connectivity index (χ1) is 12.3. The third kappa shape index (κ3) is 2.27. The molecule has 25 heavy (non-hydrogen) atoms. The summed E-state index contributed by atoms with van der Waals surface area (Å²) in [4.78, 5) is 2.38. The summed E-state index contributed by atoms with van der Waals surface area (Å²) in [5, 5.41) is 3.38. The Morgan fingerprint density at radius 2 is 1.60 bits per heavy atom. The standard InChI is InChI=1S/C21H22F2N2/c22-19-15-3-1-2-4-16(15)21(25-11-9-24-10-12-25)17-8-6-13-5-7-14(13)18(17)20(19)23/h1-4,6,8,19-21,24H,5,7,9-12H2. The van der Waals surface area contributed by atoms with E-state index < -0.39 is 12.3 Å². The van der Waals surface area contributed by atoms with Crippen molar-refractivity contribution in [1.29, 1.82) is 0 Å². The topological polar surface area (TPSA) is 15.3 Å². The molecule has 1 aliphatic heterocycles. The van der Waals surface area contributed by atoms with E-state index in [0.29, 0.717) is 11.1 Å². The summed E-state index contributed by atoms with van der Waals surface area (Å²) >= 11 is 0. The van der Waals surface area contributed by atoms with Crippen LogP contribution < -0.4 is 5.32 Å². The van der Waals surface area contributed by atoms with Gasteiger partial charge < -0.3 is 5.32 Å². The molecule has 1 saturated heterocycles. The molecule has 1 fully saturated rings. The number of aryl methyl sites for hydroxylation is 1. The first-order valence-electron chi connectivity index (χ1n) is 9.22. The number of halogens is 2. The lowest BCUT2D eigenvalue weighted by molar-refractivity contribution is 0.170. The van der Waals surface area contributed by atoms with Crippen LogP contribution in [0.1, 0.15) is 51.8 Å². The molecule has 2 aromatic carbocycles. The molecule has 130 valence electrons. The number of benzene rings is 2. The van der Waals surface area contributed by atoms with E-state index in [1.807, 2.05) is 18.2 Å². The molecule has 1 heterocycles. The van der Waals surface area contributed by atoms with Crippen LogP contribution >= 0.6 is 0 Å². The van der Waals surface area contributed by atoms with Gasteiger partial charge in [-0.15, -0.1) is 0 Å². The van der Waals surface area contributed by atoms with Crippen LogP contribution in [0.5, 0.6) is 0 Å². The van der Waals surface area contributed by atoms with Gasteiger partial charge in [0.2, 0.25) is 0 Å². The molecule has 3 unspecified atom stereocenters. The van der Waals surface area contributed by atoms with Crippen molar-refractivity contribution < 1.29 is 8.78 Å². The molecule has 0 saturated carbocycles. The van der Waals surface area contributed by atoms with Crippen LogP contribution in [0.3, 0.4) is 0 Å². The zero-order valence-electron chi connectivity index (χ0n) is 14.1. The molecule has 2 nitrogen and oxygen atoms in total. The maximum absolute atomic E-state index is 15.3. The molecule has 0 bridgehead atoms. The summed E-state index contributed by atoms with van der Waals surface area (Å²) in [6.07, 6.45) is -1.30. The van der Waals surface area contributed by atoms with E-state index in [-0.39, 0.29) is 6.04 Å². The quantitative estimate of drug-likeness (QED) is 0.849. The number of alkyl halides is 2. The second-order valence-electron chi connectivity index (χ2n) is 7.33. The molecule has 0 radical (unpaired) electrons. The molecule has 3 aliphatic rings. The normalized spacial score (nSPS) is 28.3. The van der Waals surface area contributed by atoms with Crippen molar-refractivity contribution >= 4 is 0 Å².